The highest BCUT2D eigenvalue weighted by atomic mass is 79.9. The largest absolute Gasteiger partial charge is 0.351 e. The summed E-state index contributed by atoms with van der Waals surface area (Å²) in [4.78, 5) is 27.2. The van der Waals surface area contributed by atoms with E-state index >= 15 is 0 Å². The maximum atomic E-state index is 12.8. The van der Waals surface area contributed by atoms with Gasteiger partial charge in [0, 0.05) is 22.6 Å². The van der Waals surface area contributed by atoms with Crippen LogP contribution >= 0.6 is 28.3 Å². The van der Waals surface area contributed by atoms with Gasteiger partial charge in [0.25, 0.3) is 5.91 Å². The number of hydrogen-bond donors (Lipinski definition) is 2. The standard InChI is InChI=1S/C18H24BrN3O2.ClH/c1-12-11-20-9-8-15(12)21-17(23)16-3-2-10-22(16)18(24)13-4-6-14(19)7-5-13;/h4-7,12,15-16,20H,2-3,8-11H2,1H3,(H,21,23);1H. The summed E-state index contributed by atoms with van der Waals surface area (Å²) in [5.74, 6) is 0.356. The molecule has 0 bridgehead atoms. The van der Waals surface area contributed by atoms with Crippen LogP contribution < -0.4 is 10.6 Å². The Bertz CT molecular complexity index is 611. The third kappa shape index (κ3) is 4.74. The molecule has 2 heterocycles. The fraction of sp³-hybridized carbons (Fsp3) is 0.556. The van der Waals surface area contributed by atoms with Gasteiger partial charge in [0.1, 0.15) is 6.04 Å². The number of carbonyl (C=O) groups excluding carboxylic acids is 2. The first-order valence-electron chi connectivity index (χ1n) is 8.64. The summed E-state index contributed by atoms with van der Waals surface area (Å²) < 4.78 is 0.940. The minimum Gasteiger partial charge on any atom is -0.351 e. The SMILES string of the molecule is CC1CNCCC1NC(=O)C1CCCN1C(=O)c1ccc(Br)cc1.Cl. The quantitative estimate of drug-likeness (QED) is 0.775. The van der Waals surface area contributed by atoms with Crippen molar-refractivity contribution in [2.45, 2.75) is 38.3 Å². The molecule has 0 radical (unpaired) electrons. The van der Waals surface area contributed by atoms with Crippen molar-refractivity contribution in [2.24, 2.45) is 5.92 Å². The van der Waals surface area contributed by atoms with E-state index in [2.05, 4.69) is 33.5 Å². The third-order valence-corrected chi connectivity index (χ3v) is 5.55. The summed E-state index contributed by atoms with van der Waals surface area (Å²) in [5, 5.41) is 6.52. The number of rotatable bonds is 3. The molecule has 1 aromatic carbocycles. The lowest BCUT2D eigenvalue weighted by Gasteiger charge is -2.32. The van der Waals surface area contributed by atoms with E-state index in [1.807, 2.05) is 12.1 Å². The molecule has 2 aliphatic heterocycles. The van der Waals surface area contributed by atoms with E-state index in [4.69, 9.17) is 0 Å². The minimum atomic E-state index is -0.344. The number of hydrogen-bond acceptors (Lipinski definition) is 3. The number of nitrogens with one attached hydrogen (secondary N) is 2. The van der Waals surface area contributed by atoms with Crippen molar-refractivity contribution >= 4 is 40.2 Å². The molecule has 0 spiro atoms. The molecular formula is C18H25BrClN3O2. The Kier molecular flexibility index (Phi) is 7.28. The Hall–Kier alpha value is -1.11. The summed E-state index contributed by atoms with van der Waals surface area (Å²) in [5.41, 5.74) is 0.633. The van der Waals surface area contributed by atoms with Gasteiger partial charge in [-0.05, 0) is 62.5 Å². The molecule has 3 rings (SSSR count). The van der Waals surface area contributed by atoms with E-state index in [1.165, 1.54) is 0 Å². The fourth-order valence-corrected chi connectivity index (χ4v) is 3.81. The highest BCUT2D eigenvalue weighted by molar-refractivity contribution is 9.10. The van der Waals surface area contributed by atoms with Crippen LogP contribution in [0.15, 0.2) is 28.7 Å². The Morgan fingerprint density at radius 2 is 1.96 bits per heavy atom. The number of carbonyl (C=O) groups is 2. The van der Waals surface area contributed by atoms with Gasteiger partial charge in [-0.25, -0.2) is 0 Å². The lowest BCUT2D eigenvalue weighted by atomic mass is 9.95. The van der Waals surface area contributed by atoms with Crippen molar-refractivity contribution in [1.29, 1.82) is 0 Å². The van der Waals surface area contributed by atoms with Crippen LogP contribution in [-0.4, -0.2) is 48.4 Å². The minimum absolute atomic E-state index is 0. The van der Waals surface area contributed by atoms with Crippen LogP contribution in [0.5, 0.6) is 0 Å². The molecule has 2 saturated heterocycles. The second-order valence-electron chi connectivity index (χ2n) is 6.75. The lowest BCUT2D eigenvalue weighted by molar-refractivity contribution is -0.126. The van der Waals surface area contributed by atoms with Crippen molar-refractivity contribution in [3.63, 3.8) is 0 Å². The number of benzene rings is 1. The normalized spacial score (nSPS) is 26.0. The fourth-order valence-electron chi connectivity index (χ4n) is 3.55. The van der Waals surface area contributed by atoms with Gasteiger partial charge in [0.05, 0.1) is 0 Å². The maximum absolute atomic E-state index is 12.8. The smallest absolute Gasteiger partial charge is 0.254 e. The molecular weight excluding hydrogens is 406 g/mol. The van der Waals surface area contributed by atoms with Crippen molar-refractivity contribution in [2.75, 3.05) is 19.6 Å². The molecule has 2 aliphatic rings. The molecule has 2 fully saturated rings. The first-order chi connectivity index (χ1) is 11.6. The van der Waals surface area contributed by atoms with Crippen LogP contribution in [0.25, 0.3) is 0 Å². The van der Waals surface area contributed by atoms with Crippen LogP contribution in [0, 0.1) is 5.92 Å². The predicted molar refractivity (Wildman–Crippen MR) is 104 cm³/mol. The maximum Gasteiger partial charge on any atom is 0.254 e. The van der Waals surface area contributed by atoms with Crippen LogP contribution in [0.2, 0.25) is 0 Å². The lowest BCUT2D eigenvalue weighted by Crippen LogP contribution is -2.53. The monoisotopic (exact) mass is 429 g/mol. The molecule has 2 N–H and O–H groups in total. The number of amides is 2. The number of nitrogens with zero attached hydrogens (tertiary/aromatic N) is 1. The zero-order chi connectivity index (χ0) is 17.1. The predicted octanol–water partition coefficient (Wildman–Crippen LogP) is 2.59. The highest BCUT2D eigenvalue weighted by Gasteiger charge is 2.36. The number of halogens is 2. The number of likely N-dealkylation sites (tertiary alicyclic amines) is 1. The van der Waals surface area contributed by atoms with Gasteiger partial charge in [-0.2, -0.15) is 0 Å². The van der Waals surface area contributed by atoms with E-state index in [-0.39, 0.29) is 36.3 Å². The molecule has 0 aliphatic carbocycles. The molecule has 25 heavy (non-hydrogen) atoms. The van der Waals surface area contributed by atoms with E-state index in [1.54, 1.807) is 17.0 Å². The van der Waals surface area contributed by atoms with Crippen LogP contribution in [0.3, 0.4) is 0 Å². The second-order valence-corrected chi connectivity index (χ2v) is 7.66. The zero-order valence-electron chi connectivity index (χ0n) is 14.3. The van der Waals surface area contributed by atoms with Gasteiger partial charge < -0.3 is 15.5 Å². The van der Waals surface area contributed by atoms with Gasteiger partial charge in [-0.3, -0.25) is 9.59 Å². The van der Waals surface area contributed by atoms with Crippen molar-refractivity contribution in [3.05, 3.63) is 34.3 Å². The topological polar surface area (TPSA) is 61.4 Å². The van der Waals surface area contributed by atoms with Gasteiger partial charge in [0.15, 0.2) is 0 Å². The molecule has 0 saturated carbocycles. The van der Waals surface area contributed by atoms with Crippen LogP contribution in [0.1, 0.15) is 36.5 Å². The van der Waals surface area contributed by atoms with E-state index in [0.717, 1.165) is 36.8 Å². The van der Waals surface area contributed by atoms with Crippen molar-refractivity contribution in [3.8, 4) is 0 Å². The van der Waals surface area contributed by atoms with Gasteiger partial charge >= 0.3 is 0 Å². The van der Waals surface area contributed by atoms with Crippen molar-refractivity contribution < 1.29 is 9.59 Å². The average molecular weight is 431 g/mol. The molecule has 0 aromatic heterocycles. The van der Waals surface area contributed by atoms with E-state index in [9.17, 15) is 9.59 Å². The summed E-state index contributed by atoms with van der Waals surface area (Å²) >= 11 is 3.38. The van der Waals surface area contributed by atoms with Gasteiger partial charge in [-0.1, -0.05) is 22.9 Å². The molecule has 2 amide bonds. The molecule has 3 atom stereocenters. The summed E-state index contributed by atoms with van der Waals surface area (Å²) in [6, 6.07) is 7.17. The Morgan fingerprint density at radius 1 is 1.24 bits per heavy atom. The van der Waals surface area contributed by atoms with E-state index in [0.29, 0.717) is 18.0 Å². The molecule has 7 heteroatoms. The molecule has 138 valence electrons. The second kappa shape index (κ2) is 9.01. The van der Waals surface area contributed by atoms with Crippen LogP contribution in [-0.2, 0) is 4.79 Å². The van der Waals surface area contributed by atoms with E-state index < -0.39 is 0 Å². The summed E-state index contributed by atoms with van der Waals surface area (Å²) in [6.45, 7) is 4.66. The average Bonchev–Trinajstić information content (AvgIpc) is 3.07. The Labute approximate surface area is 163 Å². The van der Waals surface area contributed by atoms with Crippen LogP contribution in [0.4, 0.5) is 0 Å². The number of piperidine rings is 1. The van der Waals surface area contributed by atoms with Gasteiger partial charge in [-0.15, -0.1) is 12.4 Å². The highest BCUT2D eigenvalue weighted by Crippen LogP contribution is 2.22. The third-order valence-electron chi connectivity index (χ3n) is 5.02. The molecule has 3 unspecified atom stereocenters. The van der Waals surface area contributed by atoms with Crippen molar-refractivity contribution in [1.82, 2.24) is 15.5 Å². The van der Waals surface area contributed by atoms with Gasteiger partial charge in [0.2, 0.25) is 5.91 Å². The summed E-state index contributed by atoms with van der Waals surface area (Å²) in [7, 11) is 0. The Morgan fingerprint density at radius 3 is 2.64 bits per heavy atom. The Balaban J connectivity index is 0.00000225. The summed E-state index contributed by atoms with van der Waals surface area (Å²) in [6.07, 6.45) is 2.57. The first kappa shape index (κ1) is 20.2. The molecule has 5 nitrogen and oxygen atoms in total. The molecule has 1 aromatic rings. The first-order valence-corrected chi connectivity index (χ1v) is 9.43. The zero-order valence-corrected chi connectivity index (χ0v) is 16.7.